The molecule has 0 saturated carbocycles. The van der Waals surface area contributed by atoms with Gasteiger partial charge in [0.1, 0.15) is 5.75 Å². The van der Waals surface area contributed by atoms with E-state index < -0.39 is 0 Å². The first kappa shape index (κ1) is 19.1. The van der Waals surface area contributed by atoms with Gasteiger partial charge in [-0.1, -0.05) is 12.1 Å². The van der Waals surface area contributed by atoms with Gasteiger partial charge in [-0.25, -0.2) is 9.98 Å². The molecule has 0 fully saturated rings. The average molecular weight is 390 g/mol. The number of para-hydroxylation sites is 1. The normalized spacial score (nSPS) is 17.5. The first-order valence-corrected chi connectivity index (χ1v) is 9.99. The predicted molar refractivity (Wildman–Crippen MR) is 117 cm³/mol. The van der Waals surface area contributed by atoms with E-state index in [2.05, 4.69) is 45.8 Å². The van der Waals surface area contributed by atoms with E-state index >= 15 is 0 Å². The van der Waals surface area contributed by atoms with Crippen molar-refractivity contribution in [2.75, 3.05) is 6.54 Å². The number of rotatable bonds is 2. The van der Waals surface area contributed by atoms with E-state index in [1.807, 2.05) is 25.1 Å². The average Bonchev–Trinajstić information content (AvgIpc) is 3.06. The lowest BCUT2D eigenvalue weighted by Crippen LogP contribution is -2.38. The van der Waals surface area contributed by atoms with Crippen LogP contribution in [0.15, 0.2) is 40.3 Å². The lowest BCUT2D eigenvalue weighted by molar-refractivity contribution is 0.314. The Morgan fingerprint density at radius 1 is 1.31 bits per heavy atom. The Labute approximate surface area is 170 Å². The quantitative estimate of drug-likeness (QED) is 0.509. The van der Waals surface area contributed by atoms with Crippen LogP contribution in [0.3, 0.4) is 0 Å². The van der Waals surface area contributed by atoms with Gasteiger partial charge in [0.2, 0.25) is 5.96 Å². The first-order valence-electron chi connectivity index (χ1n) is 9.99. The van der Waals surface area contributed by atoms with E-state index in [4.69, 9.17) is 4.99 Å². The van der Waals surface area contributed by atoms with Crippen LogP contribution in [-0.4, -0.2) is 49.9 Å². The number of phenols is 1. The maximum absolute atomic E-state index is 10.2. The van der Waals surface area contributed by atoms with Crippen LogP contribution >= 0.6 is 0 Å². The van der Waals surface area contributed by atoms with Crippen LogP contribution in [0.25, 0.3) is 22.3 Å². The van der Waals surface area contributed by atoms with Crippen LogP contribution in [0, 0.1) is 0 Å². The van der Waals surface area contributed by atoms with Gasteiger partial charge in [0.05, 0.1) is 11.7 Å². The molecule has 0 amide bonds. The molecule has 2 aromatic heterocycles. The molecule has 7 nitrogen and oxygen atoms in total. The minimum atomic E-state index is 0.0927. The lowest BCUT2D eigenvalue weighted by Gasteiger charge is -2.34. The molecule has 29 heavy (non-hydrogen) atoms. The smallest absolute Gasteiger partial charge is 0.221 e. The summed E-state index contributed by atoms with van der Waals surface area (Å²) >= 11 is 0. The van der Waals surface area contributed by atoms with Crippen molar-refractivity contribution in [2.45, 2.75) is 46.2 Å². The summed E-state index contributed by atoms with van der Waals surface area (Å²) in [6.45, 7) is 9.04. The highest BCUT2D eigenvalue weighted by molar-refractivity contribution is 5.90. The molecule has 0 saturated heterocycles. The first-order chi connectivity index (χ1) is 14.0. The molecular weight excluding hydrogens is 364 g/mol. The highest BCUT2D eigenvalue weighted by Gasteiger charge is 2.30. The van der Waals surface area contributed by atoms with Crippen molar-refractivity contribution in [1.29, 1.82) is 0 Å². The maximum Gasteiger partial charge on any atom is 0.221 e. The number of phenolic OH excluding ortho intramolecular Hbond substituents is 1. The summed E-state index contributed by atoms with van der Waals surface area (Å²) in [4.78, 5) is 14.9. The topological polar surface area (TPSA) is 89.8 Å². The third kappa shape index (κ3) is 3.48. The molecule has 3 heterocycles. The van der Waals surface area contributed by atoms with Crippen LogP contribution in [-0.2, 0) is 6.42 Å². The second-order valence-electron chi connectivity index (χ2n) is 7.56. The number of aromatic hydroxyl groups is 1. The van der Waals surface area contributed by atoms with Crippen LogP contribution in [0.4, 0.5) is 0 Å². The molecule has 1 aromatic carbocycles. The van der Waals surface area contributed by atoms with Gasteiger partial charge in [-0.15, -0.1) is 10.2 Å². The van der Waals surface area contributed by atoms with Crippen molar-refractivity contribution in [3.05, 3.63) is 41.6 Å². The van der Waals surface area contributed by atoms with Crippen molar-refractivity contribution < 1.29 is 5.11 Å². The molecule has 1 aliphatic heterocycles. The third-order valence-corrected chi connectivity index (χ3v) is 5.22. The van der Waals surface area contributed by atoms with Gasteiger partial charge < -0.3 is 15.0 Å². The zero-order valence-corrected chi connectivity index (χ0v) is 17.2. The fraction of sp³-hybridized carbons (Fsp3) is 0.364. The van der Waals surface area contributed by atoms with Crippen molar-refractivity contribution in [3.63, 3.8) is 0 Å². The number of nitrogens with one attached hydrogen (secondary N) is 1. The second kappa shape index (κ2) is 7.66. The number of aromatic amines is 1. The molecule has 1 atom stereocenters. The van der Waals surface area contributed by atoms with Crippen molar-refractivity contribution >= 4 is 23.2 Å². The summed E-state index contributed by atoms with van der Waals surface area (Å²) in [6, 6.07) is 9.47. The largest absolute Gasteiger partial charge is 0.507 e. The standard InChI is InChI=1S/C22H26N6O/c1-5-23-22(24-13(2)3)28-11-10-17-20(14(28)4)16-12-18(26-27-21(16)25-17)15-8-6-7-9-19(15)29/h5-9,12-14,29H,10-11H2,1-4H3,(H,25,27)/b23-5-,24-22+/t14-/m0/s1. The van der Waals surface area contributed by atoms with Crippen LogP contribution in [0.2, 0.25) is 0 Å². The number of aliphatic imine (C=N–C) groups is 2. The number of H-pyrrole nitrogens is 1. The molecule has 7 heteroatoms. The van der Waals surface area contributed by atoms with E-state index in [9.17, 15) is 5.11 Å². The molecule has 0 aliphatic carbocycles. The number of fused-ring (bicyclic) bond motifs is 3. The van der Waals surface area contributed by atoms with Gasteiger partial charge in [-0.05, 0) is 45.9 Å². The Balaban J connectivity index is 1.81. The van der Waals surface area contributed by atoms with Gasteiger partial charge in [0.15, 0.2) is 5.65 Å². The Morgan fingerprint density at radius 3 is 2.83 bits per heavy atom. The van der Waals surface area contributed by atoms with E-state index in [0.29, 0.717) is 11.3 Å². The van der Waals surface area contributed by atoms with E-state index in [0.717, 1.165) is 30.0 Å². The number of hydrogen-bond donors (Lipinski definition) is 2. The van der Waals surface area contributed by atoms with Gasteiger partial charge >= 0.3 is 0 Å². The Bertz CT molecular complexity index is 1100. The Hall–Kier alpha value is -3.22. The number of nitrogens with zero attached hydrogens (tertiary/aromatic N) is 5. The summed E-state index contributed by atoms with van der Waals surface area (Å²) in [7, 11) is 0. The van der Waals surface area contributed by atoms with Crippen molar-refractivity contribution in [3.8, 4) is 17.0 Å². The van der Waals surface area contributed by atoms with Crippen LogP contribution in [0.1, 0.15) is 45.0 Å². The summed E-state index contributed by atoms with van der Waals surface area (Å²) in [5.74, 6) is 0.960. The summed E-state index contributed by atoms with van der Waals surface area (Å²) in [5, 5.41) is 20.0. The number of guanidine groups is 1. The van der Waals surface area contributed by atoms with Crippen molar-refractivity contribution in [2.24, 2.45) is 9.98 Å². The molecular formula is C22H26N6O. The molecule has 3 aromatic rings. The van der Waals surface area contributed by atoms with Crippen LogP contribution < -0.4 is 0 Å². The number of benzene rings is 1. The highest BCUT2D eigenvalue weighted by Crippen LogP contribution is 2.37. The molecule has 0 bridgehead atoms. The molecule has 150 valence electrons. The van der Waals surface area contributed by atoms with Gasteiger partial charge in [-0.2, -0.15) is 0 Å². The molecule has 0 unspecified atom stereocenters. The molecule has 0 radical (unpaired) electrons. The van der Waals surface area contributed by atoms with Gasteiger partial charge in [0.25, 0.3) is 0 Å². The Morgan fingerprint density at radius 2 is 2.10 bits per heavy atom. The minimum absolute atomic E-state index is 0.0927. The maximum atomic E-state index is 10.2. The van der Waals surface area contributed by atoms with Gasteiger partial charge in [0, 0.05) is 47.4 Å². The number of hydrogen-bond acceptors (Lipinski definition) is 4. The van der Waals surface area contributed by atoms with E-state index in [-0.39, 0.29) is 17.8 Å². The molecule has 1 aliphatic rings. The predicted octanol–water partition coefficient (Wildman–Crippen LogP) is 4.10. The molecule has 4 rings (SSSR count). The van der Waals surface area contributed by atoms with Crippen LogP contribution in [0.5, 0.6) is 5.75 Å². The summed E-state index contributed by atoms with van der Waals surface area (Å²) < 4.78 is 0. The second-order valence-corrected chi connectivity index (χ2v) is 7.56. The third-order valence-electron chi connectivity index (χ3n) is 5.22. The summed E-state index contributed by atoms with van der Waals surface area (Å²) in [6.07, 6.45) is 2.65. The monoisotopic (exact) mass is 390 g/mol. The zero-order valence-electron chi connectivity index (χ0n) is 17.2. The molecule has 0 spiro atoms. The lowest BCUT2D eigenvalue weighted by atomic mass is 9.97. The highest BCUT2D eigenvalue weighted by atomic mass is 16.3. The fourth-order valence-corrected chi connectivity index (χ4v) is 3.94. The Kier molecular flexibility index (Phi) is 5.05. The SMILES string of the molecule is C/C=N\C(=N/C(C)C)N1CCc2[nH]c3nnc(-c4ccccc4O)cc3c2[C@@H]1C. The van der Waals surface area contributed by atoms with Crippen molar-refractivity contribution in [1.82, 2.24) is 20.1 Å². The summed E-state index contributed by atoms with van der Waals surface area (Å²) in [5.41, 5.74) is 4.47. The van der Waals surface area contributed by atoms with Gasteiger partial charge in [-0.3, -0.25) is 0 Å². The zero-order chi connectivity index (χ0) is 20.5. The fourth-order valence-electron chi connectivity index (χ4n) is 3.94. The minimum Gasteiger partial charge on any atom is -0.507 e. The number of aromatic nitrogens is 3. The van der Waals surface area contributed by atoms with E-state index in [1.54, 1.807) is 18.3 Å². The molecule has 2 N–H and O–H groups in total. The van der Waals surface area contributed by atoms with E-state index in [1.165, 1.54) is 11.3 Å².